The first-order chi connectivity index (χ1) is 11.2. The van der Waals surface area contributed by atoms with Crippen LogP contribution in [0.4, 0.5) is 5.69 Å². The number of benzene rings is 1. The SMILES string of the molecule is CC(C(=O)N1CCN(c2ccccc2)CC1)n1ncccc1=O. The topological polar surface area (TPSA) is 58.4 Å². The zero-order valence-corrected chi connectivity index (χ0v) is 13.1. The molecule has 6 nitrogen and oxygen atoms in total. The molecule has 6 heteroatoms. The molecule has 1 aliphatic heterocycles. The zero-order valence-electron chi connectivity index (χ0n) is 13.1. The van der Waals surface area contributed by atoms with Gasteiger partial charge in [-0.3, -0.25) is 9.59 Å². The van der Waals surface area contributed by atoms with Gasteiger partial charge in [0.1, 0.15) is 6.04 Å². The lowest BCUT2D eigenvalue weighted by Crippen LogP contribution is -2.51. The molecule has 1 aliphatic rings. The van der Waals surface area contributed by atoms with Crippen LogP contribution in [0.1, 0.15) is 13.0 Å². The molecule has 0 N–H and O–H groups in total. The van der Waals surface area contributed by atoms with Crippen LogP contribution < -0.4 is 10.5 Å². The summed E-state index contributed by atoms with van der Waals surface area (Å²) in [6.07, 6.45) is 1.53. The number of carbonyl (C=O) groups excluding carboxylic acids is 1. The lowest BCUT2D eigenvalue weighted by atomic mass is 10.2. The van der Waals surface area contributed by atoms with Crippen LogP contribution in [0, 0.1) is 0 Å². The molecule has 23 heavy (non-hydrogen) atoms. The molecule has 0 radical (unpaired) electrons. The fourth-order valence-electron chi connectivity index (χ4n) is 2.85. The second-order valence-electron chi connectivity index (χ2n) is 5.63. The lowest BCUT2D eigenvalue weighted by molar-refractivity contribution is -0.135. The van der Waals surface area contributed by atoms with Gasteiger partial charge in [0.2, 0.25) is 5.91 Å². The highest BCUT2D eigenvalue weighted by Crippen LogP contribution is 2.17. The van der Waals surface area contributed by atoms with Crippen LogP contribution in [0.5, 0.6) is 0 Å². The van der Waals surface area contributed by atoms with Gasteiger partial charge in [-0.05, 0) is 25.1 Å². The largest absolute Gasteiger partial charge is 0.368 e. The van der Waals surface area contributed by atoms with E-state index < -0.39 is 6.04 Å². The molecule has 0 saturated carbocycles. The minimum absolute atomic E-state index is 0.0569. The minimum atomic E-state index is -0.577. The van der Waals surface area contributed by atoms with Gasteiger partial charge < -0.3 is 9.80 Å². The van der Waals surface area contributed by atoms with E-state index in [1.54, 1.807) is 13.0 Å². The average molecular weight is 312 g/mol. The van der Waals surface area contributed by atoms with Gasteiger partial charge in [0.05, 0.1) is 0 Å². The summed E-state index contributed by atoms with van der Waals surface area (Å²) in [5, 5.41) is 4.00. The van der Waals surface area contributed by atoms with Crippen molar-refractivity contribution in [2.75, 3.05) is 31.1 Å². The molecule has 1 atom stereocenters. The number of hydrogen-bond acceptors (Lipinski definition) is 4. The molecule has 120 valence electrons. The predicted octanol–water partition coefficient (Wildman–Crippen LogP) is 1.15. The van der Waals surface area contributed by atoms with Gasteiger partial charge in [-0.2, -0.15) is 5.10 Å². The van der Waals surface area contributed by atoms with Crippen molar-refractivity contribution in [3.63, 3.8) is 0 Å². The van der Waals surface area contributed by atoms with Crippen LogP contribution in [-0.4, -0.2) is 46.8 Å². The molecule has 0 bridgehead atoms. The van der Waals surface area contributed by atoms with E-state index in [0.717, 1.165) is 13.1 Å². The Morgan fingerprint density at radius 1 is 1.04 bits per heavy atom. The molecule has 0 spiro atoms. The van der Waals surface area contributed by atoms with Crippen LogP contribution >= 0.6 is 0 Å². The van der Waals surface area contributed by atoms with Crippen LogP contribution in [0.3, 0.4) is 0 Å². The molecule has 2 aromatic rings. The van der Waals surface area contributed by atoms with Gasteiger partial charge in [0.15, 0.2) is 0 Å². The number of anilines is 1. The van der Waals surface area contributed by atoms with Gasteiger partial charge in [0, 0.05) is 44.1 Å². The van der Waals surface area contributed by atoms with Gasteiger partial charge >= 0.3 is 0 Å². The highest BCUT2D eigenvalue weighted by Gasteiger charge is 2.26. The number of nitrogens with zero attached hydrogens (tertiary/aromatic N) is 4. The third-order valence-corrected chi connectivity index (χ3v) is 4.18. The van der Waals surface area contributed by atoms with Crippen LogP contribution in [0.2, 0.25) is 0 Å². The fraction of sp³-hybridized carbons (Fsp3) is 0.353. The number of rotatable bonds is 3. The first-order valence-electron chi connectivity index (χ1n) is 7.79. The van der Waals surface area contributed by atoms with E-state index in [9.17, 15) is 9.59 Å². The van der Waals surface area contributed by atoms with E-state index in [4.69, 9.17) is 0 Å². The Bertz CT molecular complexity index is 721. The van der Waals surface area contributed by atoms with Crippen molar-refractivity contribution >= 4 is 11.6 Å². The summed E-state index contributed by atoms with van der Waals surface area (Å²) >= 11 is 0. The number of carbonyl (C=O) groups is 1. The van der Waals surface area contributed by atoms with E-state index in [1.165, 1.54) is 22.6 Å². The maximum atomic E-state index is 12.6. The van der Waals surface area contributed by atoms with Crippen molar-refractivity contribution in [1.82, 2.24) is 14.7 Å². The van der Waals surface area contributed by atoms with Crippen molar-refractivity contribution < 1.29 is 4.79 Å². The predicted molar refractivity (Wildman–Crippen MR) is 88.4 cm³/mol. The molecule has 2 heterocycles. The monoisotopic (exact) mass is 312 g/mol. The third-order valence-electron chi connectivity index (χ3n) is 4.18. The number of aromatic nitrogens is 2. The molecular formula is C17H20N4O2. The Morgan fingerprint density at radius 3 is 2.39 bits per heavy atom. The number of amides is 1. The summed E-state index contributed by atoms with van der Waals surface area (Å²) in [5.74, 6) is -0.0569. The van der Waals surface area contributed by atoms with Crippen LogP contribution in [0.15, 0.2) is 53.5 Å². The van der Waals surface area contributed by atoms with Crippen molar-refractivity contribution in [2.45, 2.75) is 13.0 Å². The maximum Gasteiger partial charge on any atom is 0.267 e. The number of hydrogen-bond donors (Lipinski definition) is 0. The van der Waals surface area contributed by atoms with E-state index >= 15 is 0 Å². The standard InChI is InChI=1S/C17H20N4O2/c1-14(21-16(22)8-5-9-18-21)17(23)20-12-10-19(11-13-20)15-6-3-2-4-7-15/h2-9,14H,10-13H2,1H3. The highest BCUT2D eigenvalue weighted by molar-refractivity contribution is 5.80. The Labute approximate surface area is 134 Å². The fourth-order valence-corrected chi connectivity index (χ4v) is 2.85. The van der Waals surface area contributed by atoms with Crippen LogP contribution in [-0.2, 0) is 4.79 Å². The van der Waals surface area contributed by atoms with Gasteiger partial charge in [-0.15, -0.1) is 0 Å². The van der Waals surface area contributed by atoms with Crippen LogP contribution in [0.25, 0.3) is 0 Å². The van der Waals surface area contributed by atoms with Gasteiger partial charge in [-0.25, -0.2) is 4.68 Å². The number of para-hydroxylation sites is 1. The van der Waals surface area contributed by atoms with E-state index in [1.807, 2.05) is 23.1 Å². The molecular weight excluding hydrogens is 292 g/mol. The quantitative estimate of drug-likeness (QED) is 0.853. The molecule has 3 rings (SSSR count). The molecule has 1 amide bonds. The molecule has 0 aliphatic carbocycles. The Balaban J connectivity index is 1.64. The third kappa shape index (κ3) is 3.26. The van der Waals surface area contributed by atoms with Gasteiger partial charge in [0.25, 0.3) is 5.56 Å². The summed E-state index contributed by atoms with van der Waals surface area (Å²) in [4.78, 5) is 28.5. The van der Waals surface area contributed by atoms with E-state index in [2.05, 4.69) is 22.1 Å². The smallest absolute Gasteiger partial charge is 0.267 e. The molecule has 1 fully saturated rings. The summed E-state index contributed by atoms with van der Waals surface area (Å²) in [6, 6.07) is 12.6. The summed E-state index contributed by atoms with van der Waals surface area (Å²) < 4.78 is 1.24. The van der Waals surface area contributed by atoms with Crippen molar-refractivity contribution in [2.24, 2.45) is 0 Å². The summed E-state index contributed by atoms with van der Waals surface area (Å²) in [5.41, 5.74) is 0.921. The van der Waals surface area contributed by atoms with Crippen molar-refractivity contribution in [3.8, 4) is 0 Å². The normalized spacial score (nSPS) is 16.2. The Morgan fingerprint density at radius 2 is 1.74 bits per heavy atom. The second-order valence-corrected chi connectivity index (χ2v) is 5.63. The highest BCUT2D eigenvalue weighted by atomic mass is 16.2. The molecule has 1 aromatic carbocycles. The minimum Gasteiger partial charge on any atom is -0.368 e. The molecule has 1 aromatic heterocycles. The first kappa shape index (κ1) is 15.3. The second kappa shape index (κ2) is 6.64. The van der Waals surface area contributed by atoms with E-state index in [0.29, 0.717) is 13.1 Å². The Kier molecular flexibility index (Phi) is 4.41. The molecule has 1 saturated heterocycles. The molecule has 1 unspecified atom stereocenters. The van der Waals surface area contributed by atoms with Gasteiger partial charge in [-0.1, -0.05) is 18.2 Å². The maximum absolute atomic E-state index is 12.6. The lowest BCUT2D eigenvalue weighted by Gasteiger charge is -2.37. The van der Waals surface area contributed by atoms with Crippen molar-refractivity contribution in [1.29, 1.82) is 0 Å². The summed E-state index contributed by atoms with van der Waals surface area (Å²) in [7, 11) is 0. The average Bonchev–Trinajstić information content (AvgIpc) is 2.62. The summed E-state index contributed by atoms with van der Waals surface area (Å²) in [6.45, 7) is 4.61. The number of piperazine rings is 1. The zero-order chi connectivity index (χ0) is 16.2. The van der Waals surface area contributed by atoms with E-state index in [-0.39, 0.29) is 11.5 Å². The first-order valence-corrected chi connectivity index (χ1v) is 7.79. The Hall–Kier alpha value is -2.63. The van der Waals surface area contributed by atoms with Crippen molar-refractivity contribution in [3.05, 3.63) is 59.0 Å².